The van der Waals surface area contributed by atoms with Crippen molar-refractivity contribution in [2.24, 2.45) is 9.98 Å². The summed E-state index contributed by atoms with van der Waals surface area (Å²) in [4.78, 5) is 13.1. The molecule has 9 rings (SSSR count). The van der Waals surface area contributed by atoms with Gasteiger partial charge in [0.05, 0.1) is 28.1 Å². The Morgan fingerprint density at radius 2 is 1.10 bits per heavy atom. The Labute approximate surface area is 311 Å². The summed E-state index contributed by atoms with van der Waals surface area (Å²) in [6.45, 7) is 2.07. The monoisotopic (exact) mass is 768 g/mol. The zero-order valence-corrected chi connectivity index (χ0v) is 30.1. The molecule has 0 radical (unpaired) electrons. The molecule has 0 fully saturated rings. The molecule has 1 unspecified atom stereocenters. The normalized spacial score (nSPS) is 13.4. The topological polar surface area (TPSA) is 32.9 Å². The maximum atomic E-state index is 5.44. The Morgan fingerprint density at radius 1 is 0.529 bits per heavy atom. The van der Waals surface area contributed by atoms with Crippen LogP contribution in [0.25, 0.3) is 49.7 Å². The molecule has 0 saturated carbocycles. The molecule has 1 aliphatic rings. The third-order valence-electron chi connectivity index (χ3n) is 9.62. The molecule has 0 spiro atoms. The van der Waals surface area contributed by atoms with Gasteiger partial charge in [0.2, 0.25) is 5.96 Å². The molecule has 5 heteroatoms. The minimum atomic E-state index is -0.160. The predicted molar refractivity (Wildman–Crippen MR) is 223 cm³/mol. The number of aromatic nitrogens is 1. The Hall–Kier alpha value is -5.79. The van der Waals surface area contributed by atoms with Gasteiger partial charge in [-0.3, -0.25) is 4.90 Å². The van der Waals surface area contributed by atoms with Gasteiger partial charge in [0.1, 0.15) is 4.05 Å². The average molecular weight is 769 g/mol. The van der Waals surface area contributed by atoms with E-state index in [4.69, 9.17) is 9.98 Å². The second kappa shape index (κ2) is 13.2. The molecule has 1 aliphatic heterocycles. The number of anilines is 2. The lowest BCUT2D eigenvalue weighted by Gasteiger charge is -2.33. The van der Waals surface area contributed by atoms with Crippen molar-refractivity contribution in [3.63, 3.8) is 0 Å². The second-order valence-corrected chi connectivity index (χ2v) is 13.9. The number of halogens is 1. The molecule has 0 N–H and O–H groups in total. The lowest BCUT2D eigenvalue weighted by atomic mass is 9.98. The van der Waals surface area contributed by atoms with Crippen LogP contribution in [0.2, 0.25) is 0 Å². The van der Waals surface area contributed by atoms with E-state index in [1.807, 2.05) is 12.1 Å². The van der Waals surface area contributed by atoms with Crippen LogP contribution in [0.3, 0.4) is 0 Å². The van der Waals surface area contributed by atoms with E-state index in [1.54, 1.807) is 0 Å². The van der Waals surface area contributed by atoms with Crippen LogP contribution in [0.4, 0.5) is 11.4 Å². The highest BCUT2D eigenvalue weighted by atomic mass is 127. The van der Waals surface area contributed by atoms with Crippen molar-refractivity contribution < 1.29 is 0 Å². The zero-order valence-electron chi connectivity index (χ0n) is 28.0. The van der Waals surface area contributed by atoms with Gasteiger partial charge in [-0.2, -0.15) is 0 Å². The number of guanidine groups is 1. The molecule has 8 aromatic rings. The fourth-order valence-corrected chi connectivity index (χ4v) is 7.82. The summed E-state index contributed by atoms with van der Waals surface area (Å²) in [7, 11) is 0. The predicted octanol–water partition coefficient (Wildman–Crippen LogP) is 12.6. The summed E-state index contributed by atoms with van der Waals surface area (Å²) in [5, 5.41) is 2.40. The maximum absolute atomic E-state index is 5.44. The molecule has 2 heterocycles. The number of benzene rings is 7. The van der Waals surface area contributed by atoms with Crippen molar-refractivity contribution in [2.75, 3.05) is 4.90 Å². The summed E-state index contributed by atoms with van der Waals surface area (Å²) < 4.78 is 2.27. The maximum Gasteiger partial charge on any atom is 0.231 e. The molecule has 244 valence electrons. The van der Waals surface area contributed by atoms with E-state index >= 15 is 0 Å². The first kappa shape index (κ1) is 31.2. The number of hydrogen-bond donors (Lipinski definition) is 0. The molecule has 51 heavy (non-hydrogen) atoms. The first-order chi connectivity index (χ1) is 25.1. The number of aliphatic imine (C=N–C) groups is 2. The summed E-state index contributed by atoms with van der Waals surface area (Å²) in [5.41, 5.74) is 13.3. The number of nitrogens with zero attached hydrogens (tertiary/aromatic N) is 4. The van der Waals surface area contributed by atoms with Gasteiger partial charge >= 0.3 is 0 Å². The third-order valence-corrected chi connectivity index (χ3v) is 10.6. The van der Waals surface area contributed by atoms with Crippen LogP contribution < -0.4 is 4.90 Å². The van der Waals surface area contributed by atoms with Gasteiger partial charge in [-0.1, -0.05) is 162 Å². The zero-order chi connectivity index (χ0) is 34.3. The van der Waals surface area contributed by atoms with E-state index in [9.17, 15) is 0 Å². The molecule has 4 nitrogen and oxygen atoms in total. The number of para-hydroxylation sites is 2. The van der Waals surface area contributed by atoms with Gasteiger partial charge in [-0.05, 0) is 76.7 Å². The van der Waals surface area contributed by atoms with Gasteiger partial charge in [0, 0.05) is 16.5 Å². The number of fused-ring (bicyclic) bond motifs is 5. The van der Waals surface area contributed by atoms with E-state index in [-0.39, 0.29) is 4.05 Å². The number of hydrogen-bond acceptors (Lipinski definition) is 1. The lowest BCUT2D eigenvalue weighted by Crippen LogP contribution is -2.30. The van der Waals surface area contributed by atoms with Crippen LogP contribution in [-0.2, 0) is 0 Å². The summed E-state index contributed by atoms with van der Waals surface area (Å²) in [5.74, 6) is 0.639. The van der Waals surface area contributed by atoms with Crippen LogP contribution in [0.1, 0.15) is 22.1 Å². The molecule has 0 amide bonds. The van der Waals surface area contributed by atoms with Gasteiger partial charge in [0.25, 0.3) is 0 Å². The molecular weight excluding hydrogens is 735 g/mol. The van der Waals surface area contributed by atoms with Crippen LogP contribution in [-0.4, -0.2) is 16.2 Å². The molecule has 0 saturated heterocycles. The van der Waals surface area contributed by atoms with Gasteiger partial charge < -0.3 is 4.57 Å². The Bertz CT molecular complexity index is 2590. The van der Waals surface area contributed by atoms with E-state index < -0.39 is 0 Å². The first-order valence-corrected chi connectivity index (χ1v) is 18.4. The highest BCUT2D eigenvalue weighted by Gasteiger charge is 2.32. The average Bonchev–Trinajstić information content (AvgIpc) is 3.53. The first-order valence-electron chi connectivity index (χ1n) is 17.1. The van der Waals surface area contributed by atoms with Crippen molar-refractivity contribution in [1.82, 2.24) is 4.57 Å². The summed E-state index contributed by atoms with van der Waals surface area (Å²) in [6, 6.07) is 62.3. The highest BCUT2D eigenvalue weighted by Crippen LogP contribution is 2.49. The van der Waals surface area contributed by atoms with Crippen molar-refractivity contribution in [3.05, 3.63) is 187 Å². The number of rotatable bonds is 5. The van der Waals surface area contributed by atoms with Gasteiger partial charge in [-0.15, -0.1) is 0 Å². The van der Waals surface area contributed by atoms with Crippen LogP contribution >= 0.6 is 22.6 Å². The highest BCUT2D eigenvalue weighted by molar-refractivity contribution is 14.1. The fraction of sp³-hybridized carbons (Fsp3) is 0.0435. The van der Waals surface area contributed by atoms with Gasteiger partial charge in [0.15, 0.2) is 0 Å². The largest absolute Gasteiger partial charge is 0.305 e. The van der Waals surface area contributed by atoms with E-state index in [0.717, 1.165) is 50.5 Å². The van der Waals surface area contributed by atoms with Crippen LogP contribution in [0, 0.1) is 0 Å². The van der Waals surface area contributed by atoms with Crippen molar-refractivity contribution in [3.8, 4) is 27.9 Å². The quantitative estimate of drug-likeness (QED) is 0.0564. The van der Waals surface area contributed by atoms with Crippen molar-refractivity contribution in [1.29, 1.82) is 0 Å². The molecular formula is C46H33IN4. The smallest absolute Gasteiger partial charge is 0.231 e. The molecule has 0 aliphatic carbocycles. The van der Waals surface area contributed by atoms with Crippen LogP contribution in [0.15, 0.2) is 186 Å². The molecule has 1 atom stereocenters. The Kier molecular flexibility index (Phi) is 8.05. The Morgan fingerprint density at radius 3 is 1.78 bits per heavy atom. The van der Waals surface area contributed by atoms with Crippen molar-refractivity contribution >= 4 is 67.4 Å². The summed E-state index contributed by atoms with van der Waals surface area (Å²) in [6.07, 6.45) is 0. The number of alkyl halides is 1. The minimum Gasteiger partial charge on any atom is -0.305 e. The van der Waals surface area contributed by atoms with Crippen molar-refractivity contribution in [2.45, 2.75) is 11.0 Å². The fourth-order valence-electron chi connectivity index (χ4n) is 7.16. The molecule has 1 aromatic heterocycles. The Balaban J connectivity index is 1.37. The third kappa shape index (κ3) is 5.64. The van der Waals surface area contributed by atoms with Gasteiger partial charge in [-0.25, -0.2) is 9.98 Å². The standard InChI is InChI=1S/C46H33IN4/c1-31(32-16-6-2-7-17-32)48-46(49-45(47)35-22-12-5-13-23-35)51-42-25-15-14-24-41(42)50-40-27-26-36(33-18-8-3-9-19-33)28-38(40)39-29-37(30-43(51)44(39)50)34-20-10-4-11-21-34/h2-30,45H,1H3. The SMILES string of the molecule is CC(=NC(=NC(I)c1ccccc1)N1c2ccccc2-n2c3ccc(-c4ccccc4)cc3c3cc(-c4ccccc4)cc1c32)c1ccccc1. The van der Waals surface area contributed by atoms with E-state index in [2.05, 4.69) is 203 Å². The molecule has 7 aromatic carbocycles. The summed E-state index contributed by atoms with van der Waals surface area (Å²) >= 11 is 2.43. The van der Waals surface area contributed by atoms with E-state index in [1.165, 1.54) is 27.4 Å². The minimum absolute atomic E-state index is 0.160. The molecule has 0 bridgehead atoms. The van der Waals surface area contributed by atoms with E-state index in [0.29, 0.717) is 5.96 Å². The van der Waals surface area contributed by atoms with Crippen LogP contribution in [0.5, 0.6) is 0 Å². The second-order valence-electron chi connectivity index (χ2n) is 12.8. The lowest BCUT2D eigenvalue weighted by molar-refractivity contribution is 1.04.